The topological polar surface area (TPSA) is 41.6 Å². The van der Waals surface area contributed by atoms with Gasteiger partial charge in [-0.1, -0.05) is 24.6 Å². The zero-order chi connectivity index (χ0) is 12.0. The molecule has 3 heteroatoms. The SMILES string of the molecule is Cc1ccc(N2C(N)=NCC23CC(C)C3)cc1. The van der Waals surface area contributed by atoms with E-state index in [1.54, 1.807) is 0 Å². The van der Waals surface area contributed by atoms with E-state index in [9.17, 15) is 0 Å². The highest BCUT2D eigenvalue weighted by Crippen LogP contribution is 2.46. The van der Waals surface area contributed by atoms with Crippen LogP contribution in [0.4, 0.5) is 5.69 Å². The Labute approximate surface area is 102 Å². The minimum atomic E-state index is 0.179. The van der Waals surface area contributed by atoms with Crippen LogP contribution in [0.5, 0.6) is 0 Å². The van der Waals surface area contributed by atoms with Crippen molar-refractivity contribution in [2.45, 2.75) is 32.2 Å². The van der Waals surface area contributed by atoms with Gasteiger partial charge in [0.2, 0.25) is 0 Å². The molecule has 3 rings (SSSR count). The molecule has 2 N–H and O–H groups in total. The molecule has 0 unspecified atom stereocenters. The molecule has 0 atom stereocenters. The molecule has 1 saturated carbocycles. The molecule has 1 aromatic carbocycles. The zero-order valence-corrected chi connectivity index (χ0v) is 10.5. The van der Waals surface area contributed by atoms with Crippen LogP contribution in [-0.4, -0.2) is 18.0 Å². The molecule has 0 bridgehead atoms. The number of rotatable bonds is 1. The second-order valence-corrected chi connectivity index (χ2v) is 5.58. The van der Waals surface area contributed by atoms with Crippen molar-refractivity contribution in [2.24, 2.45) is 16.6 Å². The van der Waals surface area contributed by atoms with Gasteiger partial charge in [0.25, 0.3) is 0 Å². The standard InChI is InChI=1S/C14H19N3/c1-10-3-5-12(6-4-10)17-13(15)16-9-14(17)7-11(2)8-14/h3-6,11H,7-9H2,1-2H3,(H2,15,16). The molecule has 1 fully saturated rings. The lowest BCUT2D eigenvalue weighted by Gasteiger charge is -2.49. The first-order chi connectivity index (χ1) is 8.11. The van der Waals surface area contributed by atoms with Gasteiger partial charge in [0.05, 0.1) is 12.1 Å². The summed E-state index contributed by atoms with van der Waals surface area (Å²) in [6.45, 7) is 5.26. The van der Waals surface area contributed by atoms with Gasteiger partial charge in [0.15, 0.2) is 5.96 Å². The number of aryl methyl sites for hydroxylation is 1. The van der Waals surface area contributed by atoms with Crippen LogP contribution in [0.2, 0.25) is 0 Å². The van der Waals surface area contributed by atoms with E-state index in [2.05, 4.69) is 48.0 Å². The Kier molecular flexibility index (Phi) is 2.18. The van der Waals surface area contributed by atoms with Crippen molar-refractivity contribution < 1.29 is 0 Å². The maximum absolute atomic E-state index is 6.06. The lowest BCUT2D eigenvalue weighted by molar-refractivity contribution is 0.182. The fraction of sp³-hybridized carbons (Fsp3) is 0.500. The number of hydrogen-bond donors (Lipinski definition) is 1. The van der Waals surface area contributed by atoms with Gasteiger partial charge in [-0.2, -0.15) is 0 Å². The monoisotopic (exact) mass is 229 g/mol. The largest absolute Gasteiger partial charge is 0.369 e. The van der Waals surface area contributed by atoms with Gasteiger partial charge in [0.1, 0.15) is 0 Å². The molecule has 1 aliphatic carbocycles. The second-order valence-electron chi connectivity index (χ2n) is 5.58. The van der Waals surface area contributed by atoms with E-state index < -0.39 is 0 Å². The van der Waals surface area contributed by atoms with Gasteiger partial charge in [-0.15, -0.1) is 0 Å². The fourth-order valence-electron chi connectivity index (χ4n) is 3.26. The number of nitrogens with two attached hydrogens (primary N) is 1. The molecule has 90 valence electrons. The van der Waals surface area contributed by atoms with Crippen LogP contribution in [0.3, 0.4) is 0 Å². The van der Waals surface area contributed by atoms with Crippen LogP contribution in [0.25, 0.3) is 0 Å². The van der Waals surface area contributed by atoms with E-state index in [1.807, 2.05) is 0 Å². The van der Waals surface area contributed by atoms with E-state index in [-0.39, 0.29) is 5.54 Å². The molecule has 2 aliphatic rings. The number of nitrogens with zero attached hydrogens (tertiary/aromatic N) is 2. The van der Waals surface area contributed by atoms with Crippen molar-refractivity contribution in [3.8, 4) is 0 Å². The summed E-state index contributed by atoms with van der Waals surface area (Å²) >= 11 is 0. The van der Waals surface area contributed by atoms with Crippen LogP contribution in [0, 0.1) is 12.8 Å². The van der Waals surface area contributed by atoms with Crippen LogP contribution < -0.4 is 10.6 Å². The van der Waals surface area contributed by atoms with E-state index in [4.69, 9.17) is 5.73 Å². The van der Waals surface area contributed by atoms with Crippen molar-refractivity contribution in [3.05, 3.63) is 29.8 Å². The van der Waals surface area contributed by atoms with Gasteiger partial charge in [-0.3, -0.25) is 4.99 Å². The summed E-state index contributed by atoms with van der Waals surface area (Å²) in [6, 6.07) is 8.56. The van der Waals surface area contributed by atoms with Crippen molar-refractivity contribution >= 4 is 11.6 Å². The van der Waals surface area contributed by atoms with Gasteiger partial charge in [-0.05, 0) is 37.8 Å². The summed E-state index contributed by atoms with van der Waals surface area (Å²) in [4.78, 5) is 6.69. The van der Waals surface area contributed by atoms with E-state index in [1.165, 1.54) is 24.1 Å². The van der Waals surface area contributed by atoms with Crippen LogP contribution in [0.1, 0.15) is 25.3 Å². The Morgan fingerprint density at radius 2 is 1.94 bits per heavy atom. The van der Waals surface area contributed by atoms with E-state index in [0.717, 1.165) is 12.5 Å². The third kappa shape index (κ3) is 1.53. The normalized spacial score (nSPS) is 31.5. The predicted molar refractivity (Wildman–Crippen MR) is 71.3 cm³/mol. The predicted octanol–water partition coefficient (Wildman–Crippen LogP) is 2.30. The molecule has 1 spiro atoms. The average Bonchev–Trinajstić information content (AvgIpc) is 2.58. The lowest BCUT2D eigenvalue weighted by atomic mass is 9.68. The Morgan fingerprint density at radius 3 is 2.53 bits per heavy atom. The van der Waals surface area contributed by atoms with Gasteiger partial charge in [0, 0.05) is 5.69 Å². The van der Waals surface area contributed by atoms with Gasteiger partial charge >= 0.3 is 0 Å². The molecule has 1 aromatic rings. The van der Waals surface area contributed by atoms with Gasteiger partial charge < -0.3 is 10.6 Å². The summed E-state index contributed by atoms with van der Waals surface area (Å²) in [5, 5.41) is 0. The highest BCUT2D eigenvalue weighted by Gasteiger charge is 2.51. The average molecular weight is 229 g/mol. The zero-order valence-electron chi connectivity index (χ0n) is 10.5. The molecule has 17 heavy (non-hydrogen) atoms. The Bertz CT molecular complexity index is 455. The molecule has 0 amide bonds. The lowest BCUT2D eigenvalue weighted by Crippen LogP contribution is -2.59. The highest BCUT2D eigenvalue weighted by atomic mass is 15.4. The van der Waals surface area contributed by atoms with E-state index in [0.29, 0.717) is 5.96 Å². The number of anilines is 1. The first kappa shape index (κ1) is 10.6. The van der Waals surface area contributed by atoms with Gasteiger partial charge in [-0.25, -0.2) is 0 Å². The van der Waals surface area contributed by atoms with Crippen LogP contribution in [0.15, 0.2) is 29.3 Å². The third-order valence-corrected chi connectivity index (χ3v) is 3.99. The Morgan fingerprint density at radius 1 is 1.29 bits per heavy atom. The van der Waals surface area contributed by atoms with Crippen molar-refractivity contribution in [3.63, 3.8) is 0 Å². The first-order valence-electron chi connectivity index (χ1n) is 6.28. The summed E-state index contributed by atoms with van der Waals surface area (Å²) in [5.41, 5.74) is 8.69. The van der Waals surface area contributed by atoms with Crippen molar-refractivity contribution in [1.29, 1.82) is 0 Å². The molecule has 1 aliphatic heterocycles. The number of aliphatic imine (C=N–C) groups is 1. The first-order valence-corrected chi connectivity index (χ1v) is 6.28. The molecular formula is C14H19N3. The smallest absolute Gasteiger partial charge is 0.196 e. The molecule has 0 aromatic heterocycles. The Balaban J connectivity index is 1.94. The molecule has 0 saturated heterocycles. The minimum absolute atomic E-state index is 0.179. The summed E-state index contributed by atoms with van der Waals surface area (Å²) in [5.74, 6) is 1.48. The number of guanidine groups is 1. The fourth-order valence-corrected chi connectivity index (χ4v) is 3.26. The number of hydrogen-bond acceptors (Lipinski definition) is 3. The quantitative estimate of drug-likeness (QED) is 0.802. The third-order valence-electron chi connectivity index (χ3n) is 3.99. The maximum Gasteiger partial charge on any atom is 0.196 e. The number of benzene rings is 1. The van der Waals surface area contributed by atoms with Crippen molar-refractivity contribution in [2.75, 3.05) is 11.4 Å². The maximum atomic E-state index is 6.06. The minimum Gasteiger partial charge on any atom is -0.369 e. The molecule has 1 heterocycles. The van der Waals surface area contributed by atoms with E-state index >= 15 is 0 Å². The summed E-state index contributed by atoms with van der Waals surface area (Å²) < 4.78 is 0. The highest BCUT2D eigenvalue weighted by molar-refractivity contribution is 5.98. The van der Waals surface area contributed by atoms with Crippen LogP contribution >= 0.6 is 0 Å². The Hall–Kier alpha value is -1.51. The van der Waals surface area contributed by atoms with Crippen molar-refractivity contribution in [1.82, 2.24) is 0 Å². The second kappa shape index (κ2) is 3.49. The summed E-state index contributed by atoms with van der Waals surface area (Å²) in [7, 11) is 0. The summed E-state index contributed by atoms with van der Waals surface area (Å²) in [6.07, 6.45) is 2.40. The molecule has 0 radical (unpaired) electrons. The molecule has 3 nitrogen and oxygen atoms in total. The van der Waals surface area contributed by atoms with Crippen LogP contribution in [-0.2, 0) is 0 Å². The molecular weight excluding hydrogens is 210 g/mol.